The number of hydrogen-bond acceptors (Lipinski definition) is 4. The van der Waals surface area contributed by atoms with Gasteiger partial charge < -0.3 is 14.8 Å². The van der Waals surface area contributed by atoms with Crippen molar-refractivity contribution in [2.24, 2.45) is 5.92 Å². The number of ether oxygens (including phenoxy) is 2. The van der Waals surface area contributed by atoms with Crippen molar-refractivity contribution >= 4 is 5.78 Å². The number of benzene rings is 2. The maximum atomic E-state index is 13.0. The number of hydrogen-bond donors (Lipinski definition) is 1. The van der Waals surface area contributed by atoms with E-state index < -0.39 is 0 Å². The third kappa shape index (κ3) is 3.10. The summed E-state index contributed by atoms with van der Waals surface area (Å²) in [7, 11) is 0. The standard InChI is InChI=1S/C22H25NO3/c1-2-25-19-10-9-17-16-7-3-4-8-18(16)21(24)20(17)22(19)26-13-5-6-15-11-12-23-14-15/h3-4,7-10,15,23H,2,5-6,11-14H2,1H3. The van der Waals surface area contributed by atoms with Crippen LogP contribution in [-0.4, -0.2) is 32.1 Å². The van der Waals surface area contributed by atoms with Crippen LogP contribution in [0.2, 0.25) is 0 Å². The van der Waals surface area contributed by atoms with Gasteiger partial charge in [-0.15, -0.1) is 0 Å². The van der Waals surface area contributed by atoms with Crippen molar-refractivity contribution in [2.75, 3.05) is 26.3 Å². The van der Waals surface area contributed by atoms with Gasteiger partial charge in [0.15, 0.2) is 17.3 Å². The average Bonchev–Trinajstić information content (AvgIpc) is 3.28. The molecule has 2 aliphatic rings. The average molecular weight is 351 g/mol. The first-order valence-corrected chi connectivity index (χ1v) is 9.57. The largest absolute Gasteiger partial charge is 0.490 e. The zero-order chi connectivity index (χ0) is 17.9. The van der Waals surface area contributed by atoms with Crippen LogP contribution in [0.3, 0.4) is 0 Å². The quantitative estimate of drug-likeness (QED) is 0.652. The fourth-order valence-electron chi connectivity index (χ4n) is 3.98. The second kappa shape index (κ2) is 7.50. The van der Waals surface area contributed by atoms with Gasteiger partial charge in [-0.3, -0.25) is 4.79 Å². The van der Waals surface area contributed by atoms with E-state index in [1.165, 1.54) is 6.42 Å². The Balaban J connectivity index is 1.57. The molecule has 1 atom stereocenters. The molecule has 2 aromatic rings. The molecule has 0 saturated carbocycles. The third-order valence-electron chi connectivity index (χ3n) is 5.28. The van der Waals surface area contributed by atoms with E-state index in [2.05, 4.69) is 5.32 Å². The van der Waals surface area contributed by atoms with Gasteiger partial charge in [-0.1, -0.05) is 24.3 Å². The van der Waals surface area contributed by atoms with Gasteiger partial charge in [0.25, 0.3) is 0 Å². The summed E-state index contributed by atoms with van der Waals surface area (Å²) in [4.78, 5) is 13.0. The number of rotatable bonds is 7. The molecule has 0 bridgehead atoms. The molecule has 1 unspecified atom stereocenters. The molecule has 1 aliphatic carbocycles. The van der Waals surface area contributed by atoms with E-state index in [-0.39, 0.29) is 5.78 Å². The number of carbonyl (C=O) groups is 1. The summed E-state index contributed by atoms with van der Waals surface area (Å²) >= 11 is 0. The lowest BCUT2D eigenvalue weighted by atomic mass is 10.0. The molecule has 4 heteroatoms. The van der Waals surface area contributed by atoms with Crippen LogP contribution in [-0.2, 0) is 0 Å². The molecule has 0 spiro atoms. The topological polar surface area (TPSA) is 47.6 Å². The first-order chi connectivity index (χ1) is 12.8. The van der Waals surface area contributed by atoms with E-state index in [4.69, 9.17) is 9.47 Å². The van der Waals surface area contributed by atoms with E-state index >= 15 is 0 Å². The van der Waals surface area contributed by atoms with Crippen molar-refractivity contribution in [1.29, 1.82) is 0 Å². The molecule has 0 radical (unpaired) electrons. The Bertz CT molecular complexity index is 809. The third-order valence-corrected chi connectivity index (χ3v) is 5.28. The maximum Gasteiger partial charge on any atom is 0.198 e. The Morgan fingerprint density at radius 1 is 1.08 bits per heavy atom. The molecule has 1 N–H and O–H groups in total. The van der Waals surface area contributed by atoms with Crippen molar-refractivity contribution in [3.8, 4) is 22.6 Å². The van der Waals surface area contributed by atoms with E-state index in [1.807, 2.05) is 43.3 Å². The molecule has 1 aliphatic heterocycles. The van der Waals surface area contributed by atoms with Gasteiger partial charge in [-0.05, 0) is 68.5 Å². The molecule has 136 valence electrons. The second-order valence-electron chi connectivity index (χ2n) is 6.97. The second-order valence-corrected chi connectivity index (χ2v) is 6.97. The van der Waals surface area contributed by atoms with Crippen molar-refractivity contribution < 1.29 is 14.3 Å². The number of carbonyl (C=O) groups excluding carboxylic acids is 1. The summed E-state index contributed by atoms with van der Waals surface area (Å²) in [5, 5.41) is 3.40. The lowest BCUT2D eigenvalue weighted by Gasteiger charge is -2.16. The summed E-state index contributed by atoms with van der Waals surface area (Å²) < 4.78 is 11.9. The molecule has 2 aromatic carbocycles. The molecule has 0 aromatic heterocycles. The molecule has 4 rings (SSSR count). The first kappa shape index (κ1) is 17.1. The van der Waals surface area contributed by atoms with E-state index in [0.29, 0.717) is 30.3 Å². The van der Waals surface area contributed by atoms with Crippen LogP contribution in [0.4, 0.5) is 0 Å². The highest BCUT2D eigenvalue weighted by Gasteiger charge is 2.31. The van der Waals surface area contributed by atoms with Gasteiger partial charge in [0.1, 0.15) is 0 Å². The van der Waals surface area contributed by atoms with Crippen LogP contribution in [0.1, 0.15) is 42.1 Å². The van der Waals surface area contributed by atoms with E-state index in [0.717, 1.165) is 48.5 Å². The summed E-state index contributed by atoms with van der Waals surface area (Å²) in [6, 6.07) is 11.6. The Kier molecular flexibility index (Phi) is 4.93. The zero-order valence-corrected chi connectivity index (χ0v) is 15.2. The Morgan fingerprint density at radius 3 is 2.69 bits per heavy atom. The predicted molar refractivity (Wildman–Crippen MR) is 102 cm³/mol. The summed E-state index contributed by atoms with van der Waals surface area (Å²) in [6.45, 7) is 5.33. The Labute approximate surface area is 154 Å². The normalized spacial score (nSPS) is 17.9. The molecular weight excluding hydrogens is 326 g/mol. The number of nitrogens with one attached hydrogen (secondary N) is 1. The highest BCUT2D eigenvalue weighted by Crippen LogP contribution is 2.45. The van der Waals surface area contributed by atoms with Crippen LogP contribution in [0.25, 0.3) is 11.1 Å². The monoisotopic (exact) mass is 351 g/mol. The summed E-state index contributed by atoms with van der Waals surface area (Å²) in [5.74, 6) is 2.05. The van der Waals surface area contributed by atoms with E-state index in [9.17, 15) is 4.79 Å². The summed E-state index contributed by atoms with van der Waals surface area (Å²) in [6.07, 6.45) is 3.39. The molecule has 4 nitrogen and oxygen atoms in total. The maximum absolute atomic E-state index is 13.0. The molecule has 26 heavy (non-hydrogen) atoms. The molecular formula is C22H25NO3. The van der Waals surface area contributed by atoms with Crippen molar-refractivity contribution in [1.82, 2.24) is 5.32 Å². The van der Waals surface area contributed by atoms with Crippen molar-refractivity contribution in [2.45, 2.75) is 26.2 Å². The van der Waals surface area contributed by atoms with Gasteiger partial charge in [0.2, 0.25) is 0 Å². The zero-order valence-electron chi connectivity index (χ0n) is 15.2. The highest BCUT2D eigenvalue weighted by atomic mass is 16.5. The fraction of sp³-hybridized carbons (Fsp3) is 0.409. The van der Waals surface area contributed by atoms with Crippen LogP contribution in [0.15, 0.2) is 36.4 Å². The molecule has 1 saturated heterocycles. The van der Waals surface area contributed by atoms with Gasteiger partial charge in [0.05, 0.1) is 18.8 Å². The minimum atomic E-state index is 0.0344. The number of fused-ring (bicyclic) bond motifs is 3. The Morgan fingerprint density at radius 2 is 1.92 bits per heavy atom. The van der Waals surface area contributed by atoms with Gasteiger partial charge in [-0.2, -0.15) is 0 Å². The lowest BCUT2D eigenvalue weighted by Crippen LogP contribution is -2.11. The van der Waals surface area contributed by atoms with Crippen LogP contribution in [0, 0.1) is 5.92 Å². The number of ketones is 1. The van der Waals surface area contributed by atoms with Crippen molar-refractivity contribution in [3.63, 3.8) is 0 Å². The van der Waals surface area contributed by atoms with Crippen molar-refractivity contribution in [3.05, 3.63) is 47.5 Å². The van der Waals surface area contributed by atoms with Gasteiger partial charge in [-0.25, -0.2) is 0 Å². The van der Waals surface area contributed by atoms with Crippen LogP contribution >= 0.6 is 0 Å². The lowest BCUT2D eigenvalue weighted by molar-refractivity contribution is 0.103. The molecule has 1 fully saturated rings. The molecule has 0 amide bonds. The van der Waals surface area contributed by atoms with Gasteiger partial charge >= 0.3 is 0 Å². The van der Waals surface area contributed by atoms with Crippen LogP contribution in [0.5, 0.6) is 11.5 Å². The highest BCUT2D eigenvalue weighted by molar-refractivity contribution is 6.23. The Hall–Kier alpha value is -2.33. The summed E-state index contributed by atoms with van der Waals surface area (Å²) in [5.41, 5.74) is 3.33. The van der Waals surface area contributed by atoms with E-state index in [1.54, 1.807) is 0 Å². The molecule has 1 heterocycles. The fourth-order valence-corrected chi connectivity index (χ4v) is 3.98. The smallest absolute Gasteiger partial charge is 0.198 e. The minimum absolute atomic E-state index is 0.0344. The SMILES string of the molecule is CCOc1ccc2c(c1OCCCC1CCNC1)C(=O)c1ccccc1-2. The van der Waals surface area contributed by atoms with Crippen LogP contribution < -0.4 is 14.8 Å². The van der Waals surface area contributed by atoms with Gasteiger partial charge in [0, 0.05) is 5.56 Å². The predicted octanol–water partition coefficient (Wildman–Crippen LogP) is 4.07. The first-order valence-electron chi connectivity index (χ1n) is 9.57. The minimum Gasteiger partial charge on any atom is -0.490 e.